The van der Waals surface area contributed by atoms with Crippen molar-refractivity contribution in [2.24, 2.45) is 0 Å². The van der Waals surface area contributed by atoms with Gasteiger partial charge in [0.1, 0.15) is 17.1 Å². The van der Waals surface area contributed by atoms with Crippen LogP contribution in [0.4, 0.5) is 0 Å². The number of nitrogens with zero attached hydrogens (tertiary/aromatic N) is 1. The number of nitrogens with one attached hydrogen (secondary N) is 3. The molecule has 0 spiro atoms. The first-order chi connectivity index (χ1) is 8.56. The number of aromatic nitrogens is 4. The quantitative estimate of drug-likeness (QED) is 0.660. The Balaban J connectivity index is 2.11. The summed E-state index contributed by atoms with van der Waals surface area (Å²) in [7, 11) is 0. The largest absolute Gasteiger partial charge is 0.336 e. The van der Waals surface area contributed by atoms with Gasteiger partial charge in [0.2, 0.25) is 0 Å². The second kappa shape index (κ2) is 4.99. The summed E-state index contributed by atoms with van der Waals surface area (Å²) in [5, 5.41) is 0. The molecule has 7 heteroatoms. The van der Waals surface area contributed by atoms with Crippen molar-refractivity contribution in [1.82, 2.24) is 19.9 Å². The average molecular weight is 250 g/mol. The van der Waals surface area contributed by atoms with Crippen molar-refractivity contribution in [3.63, 3.8) is 0 Å². The first-order valence-electron chi connectivity index (χ1n) is 5.77. The van der Waals surface area contributed by atoms with E-state index in [1.807, 2.05) is 0 Å². The molecule has 0 aliphatic carbocycles. The monoisotopic (exact) mass is 250 g/mol. The Morgan fingerprint density at radius 1 is 1.17 bits per heavy atom. The topological polar surface area (TPSA) is 111 Å². The third kappa shape index (κ3) is 2.73. The van der Waals surface area contributed by atoms with Crippen LogP contribution in [0.5, 0.6) is 0 Å². The zero-order valence-electron chi connectivity index (χ0n) is 10.0. The van der Waals surface area contributed by atoms with Gasteiger partial charge in [0.25, 0.3) is 5.56 Å². The molecule has 3 N–H and O–H groups in total. The van der Waals surface area contributed by atoms with E-state index in [1.165, 1.54) is 0 Å². The first-order valence-corrected chi connectivity index (χ1v) is 5.77. The summed E-state index contributed by atoms with van der Waals surface area (Å²) in [4.78, 5) is 44.8. The fourth-order valence-corrected chi connectivity index (χ4v) is 1.77. The van der Waals surface area contributed by atoms with Crippen molar-refractivity contribution >= 4 is 16.9 Å². The Labute approximate surface area is 102 Å². The van der Waals surface area contributed by atoms with Gasteiger partial charge in [-0.05, 0) is 19.8 Å². The van der Waals surface area contributed by atoms with E-state index in [0.717, 1.165) is 12.8 Å². The van der Waals surface area contributed by atoms with Crippen LogP contribution in [0, 0.1) is 0 Å². The van der Waals surface area contributed by atoms with Crippen molar-refractivity contribution in [2.75, 3.05) is 0 Å². The Morgan fingerprint density at radius 2 is 1.94 bits per heavy atom. The van der Waals surface area contributed by atoms with E-state index in [1.54, 1.807) is 6.92 Å². The number of unbranched alkanes of at least 4 members (excludes halogenated alkanes) is 1. The van der Waals surface area contributed by atoms with Crippen LogP contribution in [-0.4, -0.2) is 25.7 Å². The second-order valence-electron chi connectivity index (χ2n) is 4.22. The van der Waals surface area contributed by atoms with Gasteiger partial charge in [-0.3, -0.25) is 14.8 Å². The van der Waals surface area contributed by atoms with Gasteiger partial charge in [-0.1, -0.05) is 0 Å². The lowest BCUT2D eigenvalue weighted by Gasteiger charge is -1.95. The van der Waals surface area contributed by atoms with Crippen molar-refractivity contribution < 1.29 is 4.79 Å². The Hall–Kier alpha value is -2.18. The molecule has 2 rings (SSSR count). The molecule has 0 aromatic carbocycles. The minimum absolute atomic E-state index is 0.167. The van der Waals surface area contributed by atoms with Gasteiger partial charge in [-0.15, -0.1) is 0 Å². The van der Waals surface area contributed by atoms with Crippen LogP contribution in [0.25, 0.3) is 11.2 Å². The summed E-state index contributed by atoms with van der Waals surface area (Å²) < 4.78 is 0. The Morgan fingerprint density at radius 3 is 2.67 bits per heavy atom. The molecular formula is C11H14N4O3. The van der Waals surface area contributed by atoms with Gasteiger partial charge in [-0.25, -0.2) is 9.78 Å². The lowest BCUT2D eigenvalue weighted by Crippen LogP contribution is -2.21. The van der Waals surface area contributed by atoms with Gasteiger partial charge in [-0.2, -0.15) is 0 Å². The highest BCUT2D eigenvalue weighted by atomic mass is 16.2. The molecule has 0 saturated heterocycles. The van der Waals surface area contributed by atoms with Crippen LogP contribution in [0.15, 0.2) is 9.59 Å². The van der Waals surface area contributed by atoms with E-state index in [2.05, 4.69) is 19.9 Å². The molecule has 7 nitrogen and oxygen atoms in total. The van der Waals surface area contributed by atoms with Crippen molar-refractivity contribution in [2.45, 2.75) is 32.6 Å². The van der Waals surface area contributed by atoms with Gasteiger partial charge in [0.05, 0.1) is 0 Å². The normalized spacial score (nSPS) is 10.9. The number of carbonyl (C=O) groups excluding carboxylic acids is 1. The third-order valence-electron chi connectivity index (χ3n) is 2.63. The molecule has 0 atom stereocenters. The molecule has 0 aliphatic heterocycles. The lowest BCUT2D eigenvalue weighted by molar-refractivity contribution is -0.117. The minimum atomic E-state index is -0.567. The molecule has 0 fully saturated rings. The molecule has 18 heavy (non-hydrogen) atoms. The first kappa shape index (κ1) is 12.3. The molecule has 96 valence electrons. The number of aromatic amines is 3. The lowest BCUT2D eigenvalue weighted by atomic mass is 10.1. The maximum atomic E-state index is 11.4. The maximum Gasteiger partial charge on any atom is 0.327 e. The number of rotatable bonds is 5. The zero-order chi connectivity index (χ0) is 13.1. The molecule has 0 saturated carbocycles. The standard InChI is InChI=1S/C11H14N4O3/c1-6(16)4-2-3-5-7-12-8-9(13-7)14-11(18)15-10(8)17/h2-5H2,1H3,(H3,12,13,14,15,17,18). The molecule has 0 radical (unpaired) electrons. The predicted octanol–water partition coefficient (Wildman–Crippen LogP) is 0.241. The molecular weight excluding hydrogens is 236 g/mol. The van der Waals surface area contributed by atoms with Crippen LogP contribution in [-0.2, 0) is 11.2 Å². The second-order valence-corrected chi connectivity index (χ2v) is 4.22. The molecule has 0 aliphatic rings. The summed E-state index contributed by atoms with van der Waals surface area (Å²) in [5.41, 5.74) is -0.500. The molecule has 0 bridgehead atoms. The van der Waals surface area contributed by atoms with E-state index < -0.39 is 11.2 Å². The van der Waals surface area contributed by atoms with E-state index in [-0.39, 0.29) is 16.9 Å². The van der Waals surface area contributed by atoms with Crippen molar-refractivity contribution in [1.29, 1.82) is 0 Å². The molecule has 2 aromatic rings. The molecule has 0 amide bonds. The highest BCUT2D eigenvalue weighted by Crippen LogP contribution is 2.06. The number of Topliss-reactive ketones (excluding diaryl/α,β-unsaturated/α-hetero) is 1. The van der Waals surface area contributed by atoms with Gasteiger partial charge < -0.3 is 9.78 Å². The van der Waals surface area contributed by atoms with E-state index in [0.29, 0.717) is 18.7 Å². The van der Waals surface area contributed by atoms with Crippen LogP contribution >= 0.6 is 0 Å². The summed E-state index contributed by atoms with van der Waals surface area (Å²) in [6.45, 7) is 1.56. The maximum absolute atomic E-state index is 11.4. The fourth-order valence-electron chi connectivity index (χ4n) is 1.77. The molecule has 2 aromatic heterocycles. The van der Waals surface area contributed by atoms with E-state index in [4.69, 9.17) is 0 Å². The summed E-state index contributed by atoms with van der Waals surface area (Å²) in [6.07, 6.45) is 2.79. The number of aryl methyl sites for hydroxylation is 1. The Kier molecular flexibility index (Phi) is 3.40. The van der Waals surface area contributed by atoms with E-state index in [9.17, 15) is 14.4 Å². The number of ketones is 1. The Bertz CT molecular complexity index is 679. The zero-order valence-corrected chi connectivity index (χ0v) is 10.0. The van der Waals surface area contributed by atoms with Crippen molar-refractivity contribution in [3.05, 3.63) is 26.7 Å². The van der Waals surface area contributed by atoms with Crippen LogP contribution < -0.4 is 11.2 Å². The van der Waals surface area contributed by atoms with Gasteiger partial charge in [0.15, 0.2) is 5.65 Å². The SMILES string of the molecule is CC(=O)CCCCc1nc2[nH]c(=O)[nH]c(=O)c2[nH]1. The number of imidazole rings is 1. The van der Waals surface area contributed by atoms with Crippen molar-refractivity contribution in [3.8, 4) is 0 Å². The number of fused-ring (bicyclic) bond motifs is 1. The predicted molar refractivity (Wildman–Crippen MR) is 65.6 cm³/mol. The highest BCUT2D eigenvalue weighted by Gasteiger charge is 2.07. The summed E-state index contributed by atoms with van der Waals surface area (Å²) >= 11 is 0. The third-order valence-corrected chi connectivity index (χ3v) is 2.63. The fraction of sp³-hybridized carbons (Fsp3) is 0.455. The van der Waals surface area contributed by atoms with E-state index >= 15 is 0 Å². The number of hydrogen-bond acceptors (Lipinski definition) is 4. The summed E-state index contributed by atoms with van der Waals surface area (Å²) in [6, 6.07) is 0. The van der Waals surface area contributed by atoms with Gasteiger partial charge in [0, 0.05) is 12.8 Å². The summed E-state index contributed by atoms with van der Waals surface area (Å²) in [5.74, 6) is 0.807. The van der Waals surface area contributed by atoms with Crippen LogP contribution in [0.2, 0.25) is 0 Å². The number of H-pyrrole nitrogens is 3. The number of hydrogen-bond donors (Lipinski definition) is 3. The molecule has 0 unspecified atom stereocenters. The van der Waals surface area contributed by atoms with Gasteiger partial charge >= 0.3 is 5.69 Å². The average Bonchev–Trinajstić information content (AvgIpc) is 2.67. The highest BCUT2D eigenvalue weighted by molar-refractivity contribution is 5.75. The smallest absolute Gasteiger partial charge is 0.327 e. The molecule has 2 heterocycles. The number of carbonyl (C=O) groups is 1. The van der Waals surface area contributed by atoms with Crippen LogP contribution in [0.1, 0.15) is 32.0 Å². The minimum Gasteiger partial charge on any atom is -0.336 e. The van der Waals surface area contributed by atoms with Crippen LogP contribution in [0.3, 0.4) is 0 Å².